The van der Waals surface area contributed by atoms with Gasteiger partial charge in [0, 0.05) is 18.8 Å². The zero-order chi connectivity index (χ0) is 25.1. The molecule has 1 saturated carbocycles. The van der Waals surface area contributed by atoms with Crippen LogP contribution in [0.3, 0.4) is 0 Å². The lowest BCUT2D eigenvalue weighted by molar-refractivity contribution is -0.212. The summed E-state index contributed by atoms with van der Waals surface area (Å²) in [6.45, 7) is 2.13. The van der Waals surface area contributed by atoms with E-state index in [0.717, 1.165) is 12.1 Å². The molecule has 2 aromatic heterocycles. The van der Waals surface area contributed by atoms with Crippen LogP contribution in [0.1, 0.15) is 30.4 Å². The van der Waals surface area contributed by atoms with Gasteiger partial charge in [0.1, 0.15) is 18.0 Å². The number of halogens is 5. The summed E-state index contributed by atoms with van der Waals surface area (Å²) in [6, 6.07) is 3.53. The molecule has 4 heterocycles. The summed E-state index contributed by atoms with van der Waals surface area (Å²) in [4.78, 5) is 11.2. The number of nitrogens with one attached hydrogen (secondary N) is 1. The molecule has 1 spiro atoms. The van der Waals surface area contributed by atoms with Crippen LogP contribution in [-0.2, 0) is 21.3 Å². The van der Waals surface area contributed by atoms with E-state index in [0.29, 0.717) is 44.2 Å². The first kappa shape index (κ1) is 23.2. The first-order valence-corrected chi connectivity index (χ1v) is 11.6. The molecule has 1 saturated heterocycles. The molecule has 190 valence electrons. The molecule has 0 bridgehead atoms. The Morgan fingerprint density at radius 1 is 1.08 bits per heavy atom. The predicted octanol–water partition coefficient (Wildman–Crippen LogP) is 5.61. The fourth-order valence-electron chi connectivity index (χ4n) is 5.08. The number of ether oxygens (including phenoxy) is 3. The van der Waals surface area contributed by atoms with Crippen molar-refractivity contribution in [2.75, 3.05) is 26.4 Å². The van der Waals surface area contributed by atoms with Crippen molar-refractivity contribution in [3.8, 4) is 11.5 Å². The van der Waals surface area contributed by atoms with Gasteiger partial charge < -0.3 is 19.2 Å². The molecule has 1 N–H and O–H groups in total. The number of aromatic nitrogens is 2. The molecule has 0 unspecified atom stereocenters. The molecule has 3 aromatic rings. The lowest BCUT2D eigenvalue weighted by Crippen LogP contribution is -2.51. The van der Waals surface area contributed by atoms with Gasteiger partial charge >= 0.3 is 6.18 Å². The number of rotatable bonds is 5. The van der Waals surface area contributed by atoms with Gasteiger partial charge in [0.2, 0.25) is 0 Å². The van der Waals surface area contributed by atoms with E-state index in [2.05, 4.69) is 15.0 Å². The minimum Gasteiger partial charge on any atom is -0.480 e. The van der Waals surface area contributed by atoms with Crippen molar-refractivity contribution in [3.63, 3.8) is 0 Å². The maximum Gasteiger partial charge on any atom is 0.398 e. The molecule has 6 rings (SSSR count). The van der Waals surface area contributed by atoms with Gasteiger partial charge in [-0.15, -0.1) is 0 Å². The normalized spacial score (nSPS) is 20.4. The molecule has 0 atom stereocenters. The highest BCUT2D eigenvalue weighted by atomic mass is 19.4. The molecule has 6 nitrogen and oxygen atoms in total. The van der Waals surface area contributed by atoms with E-state index < -0.39 is 29.0 Å². The van der Waals surface area contributed by atoms with Crippen LogP contribution in [0.5, 0.6) is 11.5 Å². The van der Waals surface area contributed by atoms with Crippen molar-refractivity contribution in [1.82, 2.24) is 9.97 Å². The second-order valence-electron chi connectivity index (χ2n) is 9.83. The molecule has 3 aliphatic rings. The van der Waals surface area contributed by atoms with Gasteiger partial charge in [-0.25, -0.2) is 13.8 Å². The molecule has 2 fully saturated rings. The average Bonchev–Trinajstić information content (AvgIpc) is 3.19. The van der Waals surface area contributed by atoms with Gasteiger partial charge in [-0.05, 0) is 42.2 Å². The second-order valence-corrected chi connectivity index (χ2v) is 9.83. The standard InChI is InChI=1S/C25H22F5N3O3/c26-16-6-14(8-19-33-10-23(13-35-19)11-34-12-23)7-17(27)21(16)36-18-2-5-31-22-20(18)15(9-32-22)24(3-1-4-24)25(28,29)30/h2,5-7,9H,1,3-4,8,10-13H2,(H,31,32). The van der Waals surface area contributed by atoms with Crippen molar-refractivity contribution < 1.29 is 36.2 Å². The Morgan fingerprint density at radius 3 is 2.39 bits per heavy atom. The lowest BCUT2D eigenvalue weighted by Gasteiger charge is -2.43. The summed E-state index contributed by atoms with van der Waals surface area (Å²) >= 11 is 0. The van der Waals surface area contributed by atoms with Gasteiger partial charge in [0.05, 0.1) is 36.0 Å². The Balaban J connectivity index is 1.29. The largest absolute Gasteiger partial charge is 0.480 e. The van der Waals surface area contributed by atoms with E-state index in [9.17, 15) is 22.0 Å². The molecular weight excluding hydrogens is 485 g/mol. The van der Waals surface area contributed by atoms with E-state index in [4.69, 9.17) is 14.2 Å². The first-order valence-electron chi connectivity index (χ1n) is 11.6. The summed E-state index contributed by atoms with van der Waals surface area (Å²) in [6.07, 6.45) is -1.54. The minimum atomic E-state index is -4.49. The Kier molecular flexibility index (Phi) is 5.26. The van der Waals surface area contributed by atoms with E-state index >= 15 is 0 Å². The molecular formula is C25H22F5N3O3. The highest BCUT2D eigenvalue weighted by molar-refractivity contribution is 5.88. The van der Waals surface area contributed by atoms with Crippen molar-refractivity contribution in [3.05, 3.63) is 53.4 Å². The highest BCUT2D eigenvalue weighted by Gasteiger charge is 2.60. The quantitative estimate of drug-likeness (QED) is 0.456. The van der Waals surface area contributed by atoms with E-state index in [1.54, 1.807) is 0 Å². The van der Waals surface area contributed by atoms with Gasteiger partial charge in [-0.1, -0.05) is 6.42 Å². The zero-order valence-corrected chi connectivity index (χ0v) is 19.1. The number of alkyl halides is 3. The number of hydrogen-bond donors (Lipinski definition) is 1. The molecule has 0 amide bonds. The Morgan fingerprint density at radius 2 is 1.83 bits per heavy atom. The maximum absolute atomic E-state index is 15.0. The van der Waals surface area contributed by atoms with Gasteiger partial charge in [0.15, 0.2) is 23.3 Å². The van der Waals surface area contributed by atoms with Crippen molar-refractivity contribution in [1.29, 1.82) is 0 Å². The predicted molar refractivity (Wildman–Crippen MR) is 119 cm³/mol. The summed E-state index contributed by atoms with van der Waals surface area (Å²) in [5, 5.41) is 0.0660. The zero-order valence-electron chi connectivity index (χ0n) is 19.1. The second kappa shape index (κ2) is 8.16. The smallest absolute Gasteiger partial charge is 0.398 e. The van der Waals surface area contributed by atoms with Gasteiger partial charge in [-0.2, -0.15) is 13.2 Å². The fraction of sp³-hybridized carbons (Fsp3) is 0.440. The van der Waals surface area contributed by atoms with Crippen LogP contribution in [0.15, 0.2) is 35.6 Å². The summed E-state index contributed by atoms with van der Waals surface area (Å²) in [5.41, 5.74) is -1.73. The van der Waals surface area contributed by atoms with Gasteiger partial charge in [0.25, 0.3) is 0 Å². The monoisotopic (exact) mass is 507 g/mol. The SMILES string of the molecule is Fc1cc(CC2=NCC3(COC3)CO2)cc(F)c1Oc1ccnc2[nH]cc(C3(C(F)(F)F)CCC3)c12. The van der Waals surface area contributed by atoms with E-state index in [1.165, 1.54) is 18.5 Å². The first-order chi connectivity index (χ1) is 17.2. The third-order valence-electron chi connectivity index (χ3n) is 7.38. The van der Waals surface area contributed by atoms with E-state index in [1.807, 2.05) is 0 Å². The topological polar surface area (TPSA) is 68.7 Å². The molecule has 1 aromatic carbocycles. The number of H-pyrrole nitrogens is 1. The minimum absolute atomic E-state index is 0.0288. The molecule has 0 radical (unpaired) electrons. The third-order valence-corrected chi connectivity index (χ3v) is 7.38. The molecule has 2 aliphatic heterocycles. The number of nitrogens with zero attached hydrogens (tertiary/aromatic N) is 2. The van der Waals surface area contributed by atoms with Crippen LogP contribution in [0.25, 0.3) is 11.0 Å². The molecule has 1 aliphatic carbocycles. The third kappa shape index (κ3) is 3.63. The number of aromatic amines is 1. The number of pyridine rings is 1. The summed E-state index contributed by atoms with van der Waals surface area (Å²) in [7, 11) is 0. The number of hydrogen-bond acceptors (Lipinski definition) is 5. The Bertz CT molecular complexity index is 1340. The van der Waals surface area contributed by atoms with E-state index in [-0.39, 0.29) is 47.0 Å². The number of aliphatic imine (C=N–C) groups is 1. The Hall–Kier alpha value is -3.21. The van der Waals surface area contributed by atoms with Crippen molar-refractivity contribution in [2.45, 2.75) is 37.3 Å². The van der Waals surface area contributed by atoms with Crippen LogP contribution in [0, 0.1) is 17.0 Å². The Labute approximate surface area is 202 Å². The molecule has 36 heavy (non-hydrogen) atoms. The summed E-state index contributed by atoms with van der Waals surface area (Å²) < 4.78 is 88.5. The summed E-state index contributed by atoms with van der Waals surface area (Å²) in [5.74, 6) is -2.40. The van der Waals surface area contributed by atoms with Crippen LogP contribution in [0.4, 0.5) is 22.0 Å². The average molecular weight is 507 g/mol. The van der Waals surface area contributed by atoms with Crippen LogP contribution in [-0.4, -0.2) is 48.4 Å². The highest BCUT2D eigenvalue weighted by Crippen LogP contribution is 2.57. The maximum atomic E-state index is 15.0. The lowest BCUT2D eigenvalue weighted by atomic mass is 9.64. The van der Waals surface area contributed by atoms with Crippen LogP contribution < -0.4 is 4.74 Å². The number of benzene rings is 1. The van der Waals surface area contributed by atoms with Crippen molar-refractivity contribution in [2.24, 2.45) is 10.4 Å². The van der Waals surface area contributed by atoms with Gasteiger partial charge in [-0.3, -0.25) is 4.99 Å². The number of fused-ring (bicyclic) bond motifs is 1. The fourth-order valence-corrected chi connectivity index (χ4v) is 5.08. The van der Waals surface area contributed by atoms with Crippen LogP contribution in [0.2, 0.25) is 0 Å². The molecule has 11 heteroatoms. The van der Waals surface area contributed by atoms with Crippen LogP contribution >= 0.6 is 0 Å². The van der Waals surface area contributed by atoms with Crippen molar-refractivity contribution >= 4 is 16.9 Å².